The molecule has 0 N–H and O–H groups in total. The molecule has 0 heterocycles. The number of hydrogen-bond acceptors (Lipinski definition) is 4. The first-order chi connectivity index (χ1) is 8.00. The van der Waals surface area contributed by atoms with Crippen LogP contribution in [0, 0.1) is 0 Å². The first-order valence-corrected chi connectivity index (χ1v) is 8.68. The average Bonchev–Trinajstić information content (AvgIpc) is 1.62. The van der Waals surface area contributed by atoms with E-state index in [1.54, 1.807) is 0 Å². The van der Waals surface area contributed by atoms with Gasteiger partial charge in [0.25, 0.3) is 0 Å². The van der Waals surface area contributed by atoms with Crippen LogP contribution in [0.4, 0.5) is 0 Å². The fourth-order valence-electron chi connectivity index (χ4n) is 0. The first-order valence-electron chi connectivity index (χ1n) is 6.89. The summed E-state index contributed by atoms with van der Waals surface area (Å²) in [6.45, 7) is 24.6. The van der Waals surface area contributed by atoms with Gasteiger partial charge in [-0.05, 0) is 0 Å². The molecule has 132 valence electrons. The van der Waals surface area contributed by atoms with Gasteiger partial charge in [0, 0.05) is 42.9 Å². The standard InChI is InChI=1S/4C4H10S.Sn/c4*1-4(2,3)5;/h4*5H,1-3H3;. The average molecular weight is 479 g/mol. The summed E-state index contributed by atoms with van der Waals surface area (Å²) in [5, 5.41) is 0. The summed E-state index contributed by atoms with van der Waals surface area (Å²) in [5.74, 6) is 0. The van der Waals surface area contributed by atoms with Gasteiger partial charge in [0.2, 0.25) is 0 Å². The fraction of sp³-hybridized carbons (Fsp3) is 1.00. The van der Waals surface area contributed by atoms with Crippen LogP contribution in [0.5, 0.6) is 0 Å². The Morgan fingerprint density at radius 1 is 0.333 bits per heavy atom. The third-order valence-electron chi connectivity index (χ3n) is 0. The van der Waals surface area contributed by atoms with Gasteiger partial charge in [-0.3, -0.25) is 0 Å². The van der Waals surface area contributed by atoms with Gasteiger partial charge in [-0.1, -0.05) is 83.1 Å². The minimum atomic E-state index is 0. The normalized spacial score (nSPS) is 11.4. The minimum absolute atomic E-state index is 0. The molecule has 0 bridgehead atoms. The molecule has 0 aromatic carbocycles. The van der Waals surface area contributed by atoms with Gasteiger partial charge < -0.3 is 0 Å². The van der Waals surface area contributed by atoms with Crippen LogP contribution in [0.1, 0.15) is 83.1 Å². The molecule has 0 nitrogen and oxygen atoms in total. The molecule has 5 heteroatoms. The van der Waals surface area contributed by atoms with E-state index in [2.05, 4.69) is 134 Å². The molecule has 0 saturated heterocycles. The van der Waals surface area contributed by atoms with Crippen molar-refractivity contribution in [3.8, 4) is 0 Å². The quantitative estimate of drug-likeness (QED) is 0.222. The summed E-state index contributed by atoms with van der Waals surface area (Å²) in [5.41, 5.74) is 0. The molecule has 4 radical (unpaired) electrons. The van der Waals surface area contributed by atoms with E-state index in [0.717, 1.165) is 0 Å². The van der Waals surface area contributed by atoms with Crippen LogP contribution in [0.2, 0.25) is 0 Å². The summed E-state index contributed by atoms with van der Waals surface area (Å²) in [7, 11) is 0. The Labute approximate surface area is 175 Å². The van der Waals surface area contributed by atoms with Gasteiger partial charge in [-0.2, -0.15) is 50.5 Å². The van der Waals surface area contributed by atoms with E-state index in [9.17, 15) is 0 Å². The van der Waals surface area contributed by atoms with E-state index in [1.165, 1.54) is 0 Å². The third-order valence-corrected chi connectivity index (χ3v) is 0. The number of rotatable bonds is 0. The molecule has 0 amide bonds. The second kappa shape index (κ2) is 14.5. The molecular weight excluding hydrogens is 439 g/mol. The van der Waals surface area contributed by atoms with Gasteiger partial charge in [0.1, 0.15) is 0 Å². The Balaban J connectivity index is -0.0000000533. The van der Waals surface area contributed by atoms with E-state index in [1.807, 2.05) is 0 Å². The molecule has 0 aliphatic heterocycles. The van der Waals surface area contributed by atoms with Crippen molar-refractivity contribution in [1.82, 2.24) is 0 Å². The van der Waals surface area contributed by atoms with E-state index in [-0.39, 0.29) is 42.9 Å². The SMILES string of the molecule is CC(C)(C)S.CC(C)(C)S.CC(C)(C)S.CC(C)(C)S.[Sn]. The fourth-order valence-corrected chi connectivity index (χ4v) is 0. The monoisotopic (exact) mass is 480 g/mol. The van der Waals surface area contributed by atoms with E-state index < -0.39 is 0 Å². The summed E-state index contributed by atoms with van der Waals surface area (Å²) in [6.07, 6.45) is 0. The molecule has 0 fully saturated rings. The number of hydrogen-bond donors (Lipinski definition) is 4. The van der Waals surface area contributed by atoms with Crippen LogP contribution >= 0.6 is 50.5 Å². The van der Waals surface area contributed by atoms with Gasteiger partial charge in [0.05, 0.1) is 0 Å². The predicted molar refractivity (Wildman–Crippen MR) is 121 cm³/mol. The predicted octanol–water partition coefficient (Wildman–Crippen LogP) is 6.48. The van der Waals surface area contributed by atoms with E-state index >= 15 is 0 Å². The molecule has 0 aliphatic carbocycles. The summed E-state index contributed by atoms with van der Waals surface area (Å²) in [6, 6.07) is 0. The molecule has 0 spiro atoms. The zero-order valence-electron chi connectivity index (χ0n) is 16.3. The van der Waals surface area contributed by atoms with Crippen molar-refractivity contribution in [2.75, 3.05) is 0 Å². The molecule has 0 saturated carbocycles. The zero-order valence-corrected chi connectivity index (χ0v) is 22.7. The summed E-state index contributed by atoms with van der Waals surface area (Å²) >= 11 is 16.5. The Bertz CT molecular complexity index is 130. The topological polar surface area (TPSA) is 0 Å². The molecule has 0 atom stereocenters. The second-order valence-electron chi connectivity index (χ2n) is 8.68. The van der Waals surface area contributed by atoms with Gasteiger partial charge in [-0.25, -0.2) is 0 Å². The van der Waals surface area contributed by atoms with Crippen LogP contribution < -0.4 is 0 Å². The van der Waals surface area contributed by atoms with E-state index in [0.29, 0.717) is 0 Å². The van der Waals surface area contributed by atoms with Crippen molar-refractivity contribution in [1.29, 1.82) is 0 Å². The zero-order chi connectivity index (χ0) is 18.0. The Kier molecular flexibility index (Phi) is 23.9. The second-order valence-corrected chi connectivity index (χ2v) is 14.0. The van der Waals surface area contributed by atoms with Crippen molar-refractivity contribution >= 4 is 74.4 Å². The van der Waals surface area contributed by atoms with Crippen LogP contribution in [0.15, 0.2) is 0 Å². The molecule has 21 heavy (non-hydrogen) atoms. The maximum absolute atomic E-state index is 4.12. The van der Waals surface area contributed by atoms with Crippen molar-refractivity contribution in [3.05, 3.63) is 0 Å². The Morgan fingerprint density at radius 2 is 0.333 bits per heavy atom. The molecule has 0 aromatic rings. The third kappa shape index (κ3) is 1870. The van der Waals surface area contributed by atoms with Crippen LogP contribution in [0.3, 0.4) is 0 Å². The van der Waals surface area contributed by atoms with Gasteiger partial charge >= 0.3 is 0 Å². The Hall–Kier alpha value is 2.20. The molecular formula is C16H40S4Sn. The maximum Gasteiger partial charge on any atom is 0.00449 e. The van der Waals surface area contributed by atoms with Crippen molar-refractivity contribution in [3.63, 3.8) is 0 Å². The minimum Gasteiger partial charge on any atom is -0.173 e. The van der Waals surface area contributed by atoms with Crippen molar-refractivity contribution < 1.29 is 0 Å². The van der Waals surface area contributed by atoms with Gasteiger partial charge in [-0.15, -0.1) is 0 Å². The largest absolute Gasteiger partial charge is 0.173 e. The first kappa shape index (κ1) is 34.5. The molecule has 0 rings (SSSR count). The molecule has 0 aliphatic rings. The molecule has 0 unspecified atom stereocenters. The summed E-state index contributed by atoms with van der Waals surface area (Å²) in [4.78, 5) is 0. The van der Waals surface area contributed by atoms with Crippen molar-refractivity contribution in [2.45, 2.75) is 102 Å². The van der Waals surface area contributed by atoms with Crippen LogP contribution in [0.25, 0.3) is 0 Å². The Morgan fingerprint density at radius 3 is 0.333 bits per heavy atom. The van der Waals surface area contributed by atoms with Crippen LogP contribution in [-0.2, 0) is 0 Å². The molecule has 0 aromatic heterocycles. The van der Waals surface area contributed by atoms with Crippen molar-refractivity contribution in [2.24, 2.45) is 0 Å². The summed E-state index contributed by atoms with van der Waals surface area (Å²) < 4.78 is 0.778. The van der Waals surface area contributed by atoms with E-state index in [4.69, 9.17) is 0 Å². The van der Waals surface area contributed by atoms with Gasteiger partial charge in [0.15, 0.2) is 0 Å². The van der Waals surface area contributed by atoms with Crippen LogP contribution in [-0.4, -0.2) is 42.9 Å². The number of thiol groups is 4. The smallest absolute Gasteiger partial charge is 0.00449 e. The maximum atomic E-state index is 4.12.